The summed E-state index contributed by atoms with van der Waals surface area (Å²) in [7, 11) is 2.33. The van der Waals surface area contributed by atoms with Gasteiger partial charge in [0.15, 0.2) is 0 Å². The van der Waals surface area contributed by atoms with Crippen LogP contribution in [0.4, 0.5) is 5.69 Å². The van der Waals surface area contributed by atoms with E-state index < -0.39 is 29.5 Å². The van der Waals surface area contributed by atoms with Crippen LogP contribution in [0.5, 0.6) is 0 Å². The summed E-state index contributed by atoms with van der Waals surface area (Å²) in [5.41, 5.74) is -0.572. The highest BCUT2D eigenvalue weighted by Crippen LogP contribution is 2.30. The summed E-state index contributed by atoms with van der Waals surface area (Å²) in [6, 6.07) is 0.347. The molecule has 0 radical (unpaired) electrons. The number of fused-ring (bicyclic) bond motifs is 1. The minimum atomic E-state index is -0.946. The highest BCUT2D eigenvalue weighted by Gasteiger charge is 2.41. The lowest BCUT2D eigenvalue weighted by molar-refractivity contribution is -0.143. The number of hydrogen-bond donors (Lipinski definition) is 0. The van der Waals surface area contributed by atoms with Gasteiger partial charge in [-0.15, -0.1) is 0 Å². The van der Waals surface area contributed by atoms with Crippen LogP contribution in [0.25, 0.3) is 0 Å². The van der Waals surface area contributed by atoms with Crippen LogP contribution in [0.1, 0.15) is 23.0 Å². The van der Waals surface area contributed by atoms with E-state index in [-0.39, 0.29) is 17.9 Å². The minimum Gasteiger partial charge on any atom is -0.467 e. The van der Waals surface area contributed by atoms with Crippen molar-refractivity contribution < 1.29 is 28.3 Å². The van der Waals surface area contributed by atoms with Crippen molar-refractivity contribution in [2.75, 3.05) is 19.1 Å². The number of anilines is 1. The van der Waals surface area contributed by atoms with E-state index in [9.17, 15) is 19.2 Å². The monoisotopic (exact) mass is 295 g/mol. The standard InChI is InChI=1S/C13H13NO7/c1-6(15)14-8(11(16)19-2)4-7-5-9(12(17)20-3)21-13(18)10(7)14/h5,8H,4H2,1-3H3. The average molecular weight is 295 g/mol. The van der Waals surface area contributed by atoms with Crippen molar-refractivity contribution in [1.82, 2.24) is 0 Å². The van der Waals surface area contributed by atoms with Crippen molar-refractivity contribution in [2.24, 2.45) is 0 Å². The molecule has 1 aromatic rings. The van der Waals surface area contributed by atoms with E-state index in [1.165, 1.54) is 20.1 Å². The molecule has 2 rings (SSSR count). The van der Waals surface area contributed by atoms with Gasteiger partial charge in [-0.1, -0.05) is 0 Å². The van der Waals surface area contributed by atoms with Gasteiger partial charge in [0, 0.05) is 13.3 Å². The second kappa shape index (κ2) is 5.39. The van der Waals surface area contributed by atoms with Crippen LogP contribution in [0.3, 0.4) is 0 Å². The van der Waals surface area contributed by atoms with Crippen LogP contribution in [0, 0.1) is 0 Å². The third-order valence-electron chi connectivity index (χ3n) is 3.17. The summed E-state index contributed by atoms with van der Waals surface area (Å²) in [6.07, 6.45) is 0.0666. The van der Waals surface area contributed by atoms with Crippen molar-refractivity contribution >= 4 is 23.5 Å². The summed E-state index contributed by atoms with van der Waals surface area (Å²) in [4.78, 5) is 47.9. The van der Waals surface area contributed by atoms with Crippen molar-refractivity contribution in [2.45, 2.75) is 19.4 Å². The van der Waals surface area contributed by atoms with E-state index in [1.807, 2.05) is 0 Å². The molecule has 0 bridgehead atoms. The SMILES string of the molecule is COC(=O)c1cc2c(c(=O)o1)N(C(C)=O)C(C(=O)OC)C2. The lowest BCUT2D eigenvalue weighted by atomic mass is 10.1. The molecule has 0 fully saturated rings. The fourth-order valence-electron chi connectivity index (χ4n) is 2.30. The van der Waals surface area contributed by atoms with Crippen molar-refractivity contribution in [3.05, 3.63) is 27.8 Å². The number of ether oxygens (including phenoxy) is 2. The smallest absolute Gasteiger partial charge is 0.374 e. The number of methoxy groups -OCH3 is 2. The van der Waals surface area contributed by atoms with E-state index in [2.05, 4.69) is 9.47 Å². The largest absolute Gasteiger partial charge is 0.467 e. The quantitative estimate of drug-likeness (QED) is 0.700. The Morgan fingerprint density at radius 1 is 1.29 bits per heavy atom. The first-order valence-corrected chi connectivity index (χ1v) is 6.03. The molecule has 1 aliphatic heterocycles. The van der Waals surface area contributed by atoms with Crippen LogP contribution in [-0.4, -0.2) is 38.1 Å². The van der Waals surface area contributed by atoms with Crippen LogP contribution in [-0.2, 0) is 25.5 Å². The maximum absolute atomic E-state index is 12.0. The Morgan fingerprint density at radius 2 is 1.95 bits per heavy atom. The molecule has 0 aliphatic carbocycles. The Hall–Kier alpha value is -2.64. The van der Waals surface area contributed by atoms with E-state index in [4.69, 9.17) is 4.42 Å². The molecule has 0 saturated heterocycles. The Kier molecular flexibility index (Phi) is 3.79. The first-order valence-electron chi connectivity index (χ1n) is 6.03. The van der Waals surface area contributed by atoms with Gasteiger partial charge in [0.25, 0.3) is 0 Å². The Labute approximate surface area is 119 Å². The van der Waals surface area contributed by atoms with Gasteiger partial charge >= 0.3 is 17.6 Å². The Balaban J connectivity index is 2.56. The second-order valence-electron chi connectivity index (χ2n) is 4.40. The van der Waals surface area contributed by atoms with Crippen molar-refractivity contribution in [3.63, 3.8) is 0 Å². The second-order valence-corrected chi connectivity index (χ2v) is 4.40. The maximum Gasteiger partial charge on any atom is 0.374 e. The van der Waals surface area contributed by atoms with Crippen LogP contribution < -0.4 is 10.5 Å². The molecule has 1 aromatic heterocycles. The number of nitrogens with zero attached hydrogens (tertiary/aromatic N) is 1. The fraction of sp³-hybridized carbons (Fsp3) is 0.385. The summed E-state index contributed by atoms with van der Waals surface area (Å²) >= 11 is 0. The van der Waals surface area contributed by atoms with E-state index in [0.717, 1.165) is 12.0 Å². The molecule has 0 aromatic carbocycles. The zero-order chi connectivity index (χ0) is 15.7. The third-order valence-corrected chi connectivity index (χ3v) is 3.17. The summed E-state index contributed by atoms with van der Waals surface area (Å²) in [5, 5.41) is 0. The van der Waals surface area contributed by atoms with Crippen LogP contribution >= 0.6 is 0 Å². The molecule has 2 heterocycles. The van der Waals surface area contributed by atoms with E-state index >= 15 is 0 Å². The van der Waals surface area contributed by atoms with Gasteiger partial charge in [-0.3, -0.25) is 9.69 Å². The van der Waals surface area contributed by atoms with E-state index in [0.29, 0.717) is 5.56 Å². The predicted octanol–water partition coefficient (Wildman–Crippen LogP) is -0.123. The minimum absolute atomic E-state index is 0.0504. The number of esters is 2. The molecule has 112 valence electrons. The van der Waals surface area contributed by atoms with Gasteiger partial charge in [0.05, 0.1) is 14.2 Å². The maximum atomic E-state index is 12.0. The van der Waals surface area contributed by atoms with Crippen molar-refractivity contribution in [3.8, 4) is 0 Å². The summed E-state index contributed by atoms with van der Waals surface area (Å²) in [5.74, 6) is -2.25. The van der Waals surface area contributed by atoms with Crippen LogP contribution in [0.15, 0.2) is 15.3 Å². The normalized spacial score (nSPS) is 16.3. The first kappa shape index (κ1) is 14.8. The number of rotatable bonds is 2. The zero-order valence-corrected chi connectivity index (χ0v) is 11.7. The molecule has 8 nitrogen and oxygen atoms in total. The fourth-order valence-corrected chi connectivity index (χ4v) is 2.30. The number of carbonyl (C=O) groups excluding carboxylic acids is 3. The van der Waals surface area contributed by atoms with Gasteiger partial charge in [0.1, 0.15) is 11.7 Å². The molecule has 8 heteroatoms. The van der Waals surface area contributed by atoms with E-state index in [1.54, 1.807) is 0 Å². The lowest BCUT2D eigenvalue weighted by Crippen LogP contribution is -2.43. The average Bonchev–Trinajstić information content (AvgIpc) is 2.85. The Bertz CT molecular complexity index is 676. The summed E-state index contributed by atoms with van der Waals surface area (Å²) in [6.45, 7) is 1.22. The molecule has 0 saturated carbocycles. The molecule has 0 N–H and O–H groups in total. The highest BCUT2D eigenvalue weighted by atomic mass is 16.5. The zero-order valence-electron chi connectivity index (χ0n) is 11.7. The number of carbonyl (C=O) groups is 3. The van der Waals surface area contributed by atoms with Gasteiger partial charge in [-0.25, -0.2) is 14.4 Å². The van der Waals surface area contributed by atoms with Gasteiger partial charge in [-0.05, 0) is 11.6 Å². The molecule has 1 unspecified atom stereocenters. The number of amides is 1. The molecule has 21 heavy (non-hydrogen) atoms. The molecular formula is C13H13NO7. The first-order chi connectivity index (χ1) is 9.90. The molecule has 1 amide bonds. The molecule has 0 spiro atoms. The topological polar surface area (TPSA) is 103 Å². The van der Waals surface area contributed by atoms with Crippen LogP contribution in [0.2, 0.25) is 0 Å². The lowest BCUT2D eigenvalue weighted by Gasteiger charge is -2.20. The van der Waals surface area contributed by atoms with Gasteiger partial charge in [0.2, 0.25) is 11.7 Å². The third kappa shape index (κ3) is 2.39. The molecule has 1 atom stereocenters. The van der Waals surface area contributed by atoms with Gasteiger partial charge < -0.3 is 13.9 Å². The molecule has 1 aliphatic rings. The molecular weight excluding hydrogens is 282 g/mol. The van der Waals surface area contributed by atoms with Crippen molar-refractivity contribution in [1.29, 1.82) is 0 Å². The summed E-state index contributed by atoms with van der Waals surface area (Å²) < 4.78 is 13.9. The Morgan fingerprint density at radius 3 is 2.48 bits per heavy atom. The predicted molar refractivity (Wildman–Crippen MR) is 69.0 cm³/mol. The van der Waals surface area contributed by atoms with Gasteiger partial charge in [-0.2, -0.15) is 0 Å². The highest BCUT2D eigenvalue weighted by molar-refractivity contribution is 6.01. The number of hydrogen-bond acceptors (Lipinski definition) is 7.